The molecule has 4 nitrogen and oxygen atoms in total. The van der Waals surface area contributed by atoms with Crippen LogP contribution in [-0.4, -0.2) is 15.5 Å². The third-order valence-electron chi connectivity index (χ3n) is 3.58. The maximum atomic E-state index is 12.5. The second-order valence-corrected chi connectivity index (χ2v) is 6.86. The Morgan fingerprint density at radius 1 is 1.30 bits per heavy atom. The topological polar surface area (TPSA) is 46.9 Å². The Morgan fingerprint density at radius 3 is 2.74 bits per heavy atom. The lowest BCUT2D eigenvalue weighted by Gasteiger charge is -2.07. The van der Waals surface area contributed by atoms with Gasteiger partial charge in [-0.15, -0.1) is 11.3 Å². The molecule has 2 heterocycles. The number of benzene rings is 1. The Balaban J connectivity index is 1.85. The Labute approximate surface area is 143 Å². The molecular weight excluding hydrogens is 330 g/mol. The Kier molecular flexibility index (Phi) is 4.24. The van der Waals surface area contributed by atoms with Crippen molar-refractivity contribution in [3.8, 4) is 11.3 Å². The third-order valence-corrected chi connectivity index (χ3v) is 4.76. The van der Waals surface area contributed by atoms with E-state index < -0.39 is 0 Å². The number of carbonyl (C=O) groups is 1. The summed E-state index contributed by atoms with van der Waals surface area (Å²) in [5.74, 6) is -0.175. The molecule has 0 saturated carbocycles. The highest BCUT2D eigenvalue weighted by Gasteiger charge is 2.14. The van der Waals surface area contributed by atoms with Crippen molar-refractivity contribution in [3.05, 3.63) is 57.1 Å². The summed E-state index contributed by atoms with van der Waals surface area (Å²) in [7, 11) is 1.85. The summed E-state index contributed by atoms with van der Waals surface area (Å²) in [4.78, 5) is 16.9. The minimum Gasteiger partial charge on any atom is -0.346 e. The first-order valence-electron chi connectivity index (χ1n) is 7.10. The van der Waals surface area contributed by atoms with Crippen LogP contribution >= 0.6 is 22.9 Å². The van der Waals surface area contributed by atoms with Gasteiger partial charge in [0.05, 0.1) is 10.7 Å². The van der Waals surface area contributed by atoms with Crippen molar-refractivity contribution < 1.29 is 4.79 Å². The van der Waals surface area contributed by atoms with E-state index in [0.29, 0.717) is 16.4 Å². The zero-order chi connectivity index (χ0) is 16.6. The van der Waals surface area contributed by atoms with E-state index in [1.54, 1.807) is 22.0 Å². The van der Waals surface area contributed by atoms with Gasteiger partial charge in [0.1, 0.15) is 5.69 Å². The highest BCUT2D eigenvalue weighted by atomic mass is 35.5. The number of hydrogen-bond acceptors (Lipinski definition) is 3. The quantitative estimate of drug-likeness (QED) is 0.749. The Hall–Kier alpha value is -2.11. The van der Waals surface area contributed by atoms with Crippen LogP contribution in [-0.2, 0) is 7.05 Å². The van der Waals surface area contributed by atoms with Crippen LogP contribution in [0.3, 0.4) is 0 Å². The Bertz CT molecular complexity index is 882. The monoisotopic (exact) mass is 345 g/mol. The van der Waals surface area contributed by atoms with Crippen LogP contribution in [0.1, 0.15) is 21.1 Å². The number of nitrogens with zero attached hydrogens (tertiary/aromatic N) is 2. The van der Waals surface area contributed by atoms with E-state index >= 15 is 0 Å². The summed E-state index contributed by atoms with van der Waals surface area (Å²) < 4.78 is 1.80. The molecule has 0 atom stereocenters. The molecule has 1 N–H and O–H groups in total. The zero-order valence-corrected chi connectivity index (χ0v) is 14.6. The molecule has 0 bridgehead atoms. The van der Waals surface area contributed by atoms with Crippen LogP contribution in [0.5, 0.6) is 0 Å². The van der Waals surface area contributed by atoms with E-state index in [9.17, 15) is 4.79 Å². The average molecular weight is 346 g/mol. The van der Waals surface area contributed by atoms with Gasteiger partial charge >= 0.3 is 0 Å². The summed E-state index contributed by atoms with van der Waals surface area (Å²) in [6.45, 7) is 3.89. The van der Waals surface area contributed by atoms with Crippen molar-refractivity contribution in [1.82, 2.24) is 9.55 Å². The van der Waals surface area contributed by atoms with Crippen LogP contribution in [0.4, 0.5) is 5.69 Å². The summed E-state index contributed by atoms with van der Waals surface area (Å²) >= 11 is 7.69. The molecule has 23 heavy (non-hydrogen) atoms. The van der Waals surface area contributed by atoms with Gasteiger partial charge in [-0.25, -0.2) is 4.98 Å². The molecule has 0 saturated heterocycles. The van der Waals surface area contributed by atoms with Gasteiger partial charge in [0, 0.05) is 34.9 Å². The minimum atomic E-state index is -0.175. The molecule has 1 aromatic carbocycles. The van der Waals surface area contributed by atoms with E-state index in [1.165, 1.54) is 0 Å². The lowest BCUT2D eigenvalue weighted by molar-refractivity contribution is 0.101. The van der Waals surface area contributed by atoms with Crippen molar-refractivity contribution in [3.63, 3.8) is 0 Å². The predicted molar refractivity (Wildman–Crippen MR) is 95.4 cm³/mol. The van der Waals surface area contributed by atoms with E-state index in [0.717, 1.165) is 21.8 Å². The summed E-state index contributed by atoms with van der Waals surface area (Å²) in [6.07, 6.45) is 1.91. The fourth-order valence-corrected chi connectivity index (χ4v) is 3.09. The fourth-order valence-electron chi connectivity index (χ4n) is 2.29. The molecule has 0 aliphatic rings. The number of aryl methyl sites for hydroxylation is 3. The number of nitrogens with one attached hydrogen (secondary N) is 1. The van der Waals surface area contributed by atoms with Crippen molar-refractivity contribution in [2.75, 3.05) is 5.32 Å². The minimum absolute atomic E-state index is 0.175. The van der Waals surface area contributed by atoms with Crippen LogP contribution < -0.4 is 5.32 Å². The predicted octanol–water partition coefficient (Wildman–Crippen LogP) is 4.67. The smallest absolute Gasteiger partial charge is 0.272 e. The molecule has 0 aliphatic carbocycles. The Morgan fingerprint density at radius 2 is 2.09 bits per heavy atom. The number of carbonyl (C=O) groups excluding carboxylic acids is 1. The summed E-state index contributed by atoms with van der Waals surface area (Å²) in [6, 6.07) is 7.32. The fraction of sp³-hybridized carbons (Fsp3) is 0.176. The first-order chi connectivity index (χ1) is 10.9. The van der Waals surface area contributed by atoms with Gasteiger partial charge in [0.2, 0.25) is 0 Å². The number of amides is 1. The molecule has 3 aromatic rings. The first-order valence-corrected chi connectivity index (χ1v) is 8.36. The highest BCUT2D eigenvalue weighted by Crippen LogP contribution is 2.25. The SMILES string of the molecule is Cc1nc(-c2cc(C(=O)Nc3ccc(C)c(Cl)c3)n(C)c2)cs1. The maximum Gasteiger partial charge on any atom is 0.272 e. The van der Waals surface area contributed by atoms with Gasteiger partial charge < -0.3 is 9.88 Å². The van der Waals surface area contributed by atoms with Gasteiger partial charge in [-0.3, -0.25) is 4.79 Å². The molecule has 118 valence electrons. The molecule has 6 heteroatoms. The number of anilines is 1. The molecule has 0 aliphatic heterocycles. The maximum absolute atomic E-state index is 12.5. The number of rotatable bonds is 3. The van der Waals surface area contributed by atoms with Crippen LogP contribution in [0, 0.1) is 13.8 Å². The molecule has 1 amide bonds. The zero-order valence-electron chi connectivity index (χ0n) is 13.1. The van der Waals surface area contributed by atoms with Gasteiger partial charge in [-0.1, -0.05) is 17.7 Å². The molecule has 0 fully saturated rings. The van der Waals surface area contributed by atoms with Gasteiger partial charge in [-0.05, 0) is 37.6 Å². The largest absolute Gasteiger partial charge is 0.346 e. The number of halogens is 1. The second-order valence-electron chi connectivity index (χ2n) is 5.39. The second kappa shape index (κ2) is 6.18. The van der Waals surface area contributed by atoms with Gasteiger partial charge in [-0.2, -0.15) is 0 Å². The van der Waals surface area contributed by atoms with Crippen molar-refractivity contribution in [2.24, 2.45) is 7.05 Å². The van der Waals surface area contributed by atoms with Crippen LogP contribution in [0.2, 0.25) is 5.02 Å². The highest BCUT2D eigenvalue weighted by molar-refractivity contribution is 7.09. The molecule has 0 spiro atoms. The lowest BCUT2D eigenvalue weighted by atomic mass is 10.2. The van der Waals surface area contributed by atoms with E-state index in [-0.39, 0.29) is 5.91 Å². The van der Waals surface area contributed by atoms with E-state index in [2.05, 4.69) is 10.3 Å². The number of thiazole rings is 1. The normalized spacial score (nSPS) is 10.8. The van der Waals surface area contributed by atoms with Crippen LogP contribution in [0.15, 0.2) is 35.8 Å². The van der Waals surface area contributed by atoms with Crippen molar-refractivity contribution in [2.45, 2.75) is 13.8 Å². The first kappa shape index (κ1) is 15.8. The van der Waals surface area contributed by atoms with Gasteiger partial charge in [0.25, 0.3) is 5.91 Å². The standard InChI is InChI=1S/C17H16ClN3OS/c1-10-4-5-13(7-14(10)18)20-17(22)16-6-12(8-21(16)3)15-9-23-11(2)19-15/h4-9H,1-3H3,(H,20,22). The molecule has 0 radical (unpaired) electrons. The molecule has 2 aromatic heterocycles. The molecular formula is C17H16ClN3OS. The average Bonchev–Trinajstić information content (AvgIpc) is 3.09. The summed E-state index contributed by atoms with van der Waals surface area (Å²) in [5.41, 5.74) is 4.05. The van der Waals surface area contributed by atoms with E-state index in [1.807, 2.05) is 50.7 Å². The molecule has 0 unspecified atom stereocenters. The lowest BCUT2D eigenvalue weighted by Crippen LogP contribution is -2.15. The molecule has 3 rings (SSSR count). The van der Waals surface area contributed by atoms with Crippen molar-refractivity contribution in [1.29, 1.82) is 0 Å². The van der Waals surface area contributed by atoms with Crippen molar-refractivity contribution >= 4 is 34.5 Å². The summed E-state index contributed by atoms with van der Waals surface area (Å²) in [5, 5.41) is 6.50. The van der Waals surface area contributed by atoms with Crippen LogP contribution in [0.25, 0.3) is 11.3 Å². The van der Waals surface area contributed by atoms with Gasteiger partial charge in [0.15, 0.2) is 0 Å². The number of aromatic nitrogens is 2. The third kappa shape index (κ3) is 3.30. The number of hydrogen-bond donors (Lipinski definition) is 1. The van der Waals surface area contributed by atoms with E-state index in [4.69, 9.17) is 11.6 Å².